The van der Waals surface area contributed by atoms with Gasteiger partial charge in [-0.25, -0.2) is 0 Å². The van der Waals surface area contributed by atoms with Crippen molar-refractivity contribution in [3.63, 3.8) is 0 Å². The minimum atomic E-state index is -0.646. The Kier molecular flexibility index (Phi) is 5.06. The van der Waals surface area contributed by atoms with Gasteiger partial charge in [-0.1, -0.05) is 18.5 Å². The Bertz CT molecular complexity index is 339. The summed E-state index contributed by atoms with van der Waals surface area (Å²) in [5.41, 5.74) is 0.635. The summed E-state index contributed by atoms with van der Waals surface area (Å²) in [6.07, 6.45) is -0.498. The Morgan fingerprint density at radius 1 is 1.38 bits per heavy atom. The molecule has 0 saturated carbocycles. The lowest BCUT2D eigenvalue weighted by atomic mass is 10.1. The number of benzene rings is 1. The standard InChI is InChI=1S/C12H17ClO3/c1-3-10(15)7-16-12-5-4-9(13)6-11(12)8(2)14/h4-6,8,10,14-15H,3,7H2,1-2H3/t8-,10?/m0/s1. The first-order valence-electron chi connectivity index (χ1n) is 5.33. The number of hydrogen-bond acceptors (Lipinski definition) is 3. The van der Waals surface area contributed by atoms with Crippen molar-refractivity contribution in [3.05, 3.63) is 28.8 Å². The summed E-state index contributed by atoms with van der Waals surface area (Å²) in [6, 6.07) is 5.06. The first kappa shape index (κ1) is 13.3. The van der Waals surface area contributed by atoms with E-state index in [1.807, 2.05) is 6.92 Å². The van der Waals surface area contributed by atoms with Crippen LogP contribution in [0.5, 0.6) is 5.75 Å². The molecular weight excluding hydrogens is 228 g/mol. The van der Waals surface area contributed by atoms with Crippen LogP contribution in [0.2, 0.25) is 5.02 Å². The van der Waals surface area contributed by atoms with Gasteiger partial charge in [0.15, 0.2) is 0 Å². The summed E-state index contributed by atoms with van der Waals surface area (Å²) >= 11 is 5.83. The van der Waals surface area contributed by atoms with Crippen molar-refractivity contribution in [1.82, 2.24) is 0 Å². The van der Waals surface area contributed by atoms with Crippen LogP contribution < -0.4 is 4.74 Å². The van der Waals surface area contributed by atoms with Gasteiger partial charge >= 0.3 is 0 Å². The summed E-state index contributed by atoms with van der Waals surface area (Å²) in [6.45, 7) is 3.75. The second-order valence-corrected chi connectivity index (χ2v) is 4.17. The molecule has 0 bridgehead atoms. The van der Waals surface area contributed by atoms with Gasteiger partial charge in [0.2, 0.25) is 0 Å². The molecule has 1 unspecified atom stereocenters. The molecule has 0 radical (unpaired) electrons. The molecule has 90 valence electrons. The maximum atomic E-state index is 9.55. The molecule has 1 rings (SSSR count). The Labute approximate surface area is 101 Å². The van der Waals surface area contributed by atoms with Crippen molar-refractivity contribution < 1.29 is 14.9 Å². The largest absolute Gasteiger partial charge is 0.491 e. The molecule has 0 saturated heterocycles. The summed E-state index contributed by atoms with van der Waals surface area (Å²) in [7, 11) is 0. The molecule has 16 heavy (non-hydrogen) atoms. The lowest BCUT2D eigenvalue weighted by Crippen LogP contribution is -2.16. The third-order valence-corrected chi connectivity index (χ3v) is 2.56. The molecule has 2 N–H and O–H groups in total. The summed E-state index contributed by atoms with van der Waals surface area (Å²) < 4.78 is 5.44. The monoisotopic (exact) mass is 244 g/mol. The second-order valence-electron chi connectivity index (χ2n) is 3.73. The van der Waals surface area contributed by atoms with Crippen molar-refractivity contribution in [2.75, 3.05) is 6.61 Å². The fourth-order valence-electron chi connectivity index (χ4n) is 1.28. The Hall–Kier alpha value is -0.770. The number of halogens is 1. The molecule has 0 aliphatic heterocycles. The zero-order valence-corrected chi connectivity index (χ0v) is 10.2. The van der Waals surface area contributed by atoms with Crippen LogP contribution in [0.15, 0.2) is 18.2 Å². The molecule has 1 aromatic rings. The van der Waals surface area contributed by atoms with Gasteiger partial charge < -0.3 is 14.9 Å². The quantitative estimate of drug-likeness (QED) is 0.837. The van der Waals surface area contributed by atoms with Crippen LogP contribution >= 0.6 is 11.6 Å². The highest BCUT2D eigenvalue weighted by molar-refractivity contribution is 6.30. The SMILES string of the molecule is CCC(O)COc1ccc(Cl)cc1[C@H](C)O. The smallest absolute Gasteiger partial charge is 0.125 e. The van der Waals surface area contributed by atoms with E-state index in [0.717, 1.165) is 0 Å². The number of ether oxygens (including phenoxy) is 1. The van der Waals surface area contributed by atoms with E-state index in [9.17, 15) is 10.2 Å². The first-order valence-corrected chi connectivity index (χ1v) is 5.70. The summed E-state index contributed by atoms with van der Waals surface area (Å²) in [4.78, 5) is 0. The van der Waals surface area contributed by atoms with E-state index in [-0.39, 0.29) is 6.61 Å². The normalized spacial score (nSPS) is 14.6. The highest BCUT2D eigenvalue weighted by atomic mass is 35.5. The number of aliphatic hydroxyl groups is 2. The molecule has 0 aromatic heterocycles. The van der Waals surface area contributed by atoms with Crippen LogP contribution in [0.3, 0.4) is 0 Å². The van der Waals surface area contributed by atoms with Crippen molar-refractivity contribution in [2.45, 2.75) is 32.5 Å². The molecule has 4 heteroatoms. The van der Waals surface area contributed by atoms with Crippen molar-refractivity contribution >= 4 is 11.6 Å². The molecule has 0 fully saturated rings. The van der Waals surface area contributed by atoms with Crippen molar-refractivity contribution in [2.24, 2.45) is 0 Å². The zero-order chi connectivity index (χ0) is 12.1. The van der Waals surface area contributed by atoms with Crippen LogP contribution in [-0.4, -0.2) is 22.9 Å². The topological polar surface area (TPSA) is 49.7 Å². The molecule has 0 spiro atoms. The molecule has 0 amide bonds. The maximum Gasteiger partial charge on any atom is 0.125 e. The van der Waals surface area contributed by atoms with Crippen LogP contribution in [0, 0.1) is 0 Å². The van der Waals surface area contributed by atoms with Gasteiger partial charge in [-0.3, -0.25) is 0 Å². The fraction of sp³-hybridized carbons (Fsp3) is 0.500. The summed E-state index contributed by atoms with van der Waals surface area (Å²) in [5, 5.41) is 19.5. The maximum absolute atomic E-state index is 9.55. The highest BCUT2D eigenvalue weighted by Gasteiger charge is 2.11. The predicted octanol–water partition coefficient (Wildman–Crippen LogP) is 2.54. The second kappa shape index (κ2) is 6.09. The molecular formula is C12H17ClO3. The van der Waals surface area contributed by atoms with E-state index in [4.69, 9.17) is 16.3 Å². The predicted molar refractivity (Wildman–Crippen MR) is 63.9 cm³/mol. The molecule has 0 aliphatic carbocycles. The van der Waals surface area contributed by atoms with Gasteiger partial charge in [0.05, 0.1) is 12.2 Å². The van der Waals surface area contributed by atoms with E-state index in [1.165, 1.54) is 0 Å². The van der Waals surface area contributed by atoms with E-state index in [1.54, 1.807) is 25.1 Å². The minimum absolute atomic E-state index is 0.220. The van der Waals surface area contributed by atoms with E-state index in [0.29, 0.717) is 22.8 Å². The van der Waals surface area contributed by atoms with Crippen LogP contribution in [-0.2, 0) is 0 Å². The molecule has 3 nitrogen and oxygen atoms in total. The van der Waals surface area contributed by atoms with Gasteiger partial charge in [-0.15, -0.1) is 0 Å². The molecule has 2 atom stereocenters. The summed E-state index contributed by atoms with van der Waals surface area (Å²) in [5.74, 6) is 0.562. The molecule has 0 aliphatic rings. The average molecular weight is 245 g/mol. The van der Waals surface area contributed by atoms with Gasteiger partial charge in [0.1, 0.15) is 12.4 Å². The van der Waals surface area contributed by atoms with Crippen molar-refractivity contribution in [3.8, 4) is 5.75 Å². The first-order chi connectivity index (χ1) is 7.54. The lowest BCUT2D eigenvalue weighted by molar-refractivity contribution is 0.101. The minimum Gasteiger partial charge on any atom is -0.491 e. The Morgan fingerprint density at radius 3 is 2.62 bits per heavy atom. The van der Waals surface area contributed by atoms with Crippen molar-refractivity contribution in [1.29, 1.82) is 0 Å². The van der Waals surface area contributed by atoms with Gasteiger partial charge in [-0.2, -0.15) is 0 Å². The number of aliphatic hydroxyl groups excluding tert-OH is 2. The van der Waals surface area contributed by atoms with E-state index >= 15 is 0 Å². The van der Waals surface area contributed by atoms with E-state index < -0.39 is 12.2 Å². The Balaban J connectivity index is 2.78. The lowest BCUT2D eigenvalue weighted by Gasteiger charge is -2.15. The Morgan fingerprint density at radius 2 is 2.06 bits per heavy atom. The number of hydrogen-bond donors (Lipinski definition) is 2. The molecule has 1 aromatic carbocycles. The highest BCUT2D eigenvalue weighted by Crippen LogP contribution is 2.28. The van der Waals surface area contributed by atoms with Gasteiger partial charge in [0, 0.05) is 10.6 Å². The van der Waals surface area contributed by atoms with E-state index in [2.05, 4.69) is 0 Å². The third kappa shape index (κ3) is 3.67. The third-order valence-electron chi connectivity index (χ3n) is 2.32. The molecule has 0 heterocycles. The fourth-order valence-corrected chi connectivity index (χ4v) is 1.46. The van der Waals surface area contributed by atoms with Gasteiger partial charge in [0.25, 0.3) is 0 Å². The van der Waals surface area contributed by atoms with Crippen LogP contribution in [0.4, 0.5) is 0 Å². The number of rotatable bonds is 5. The van der Waals surface area contributed by atoms with Crippen LogP contribution in [0.25, 0.3) is 0 Å². The van der Waals surface area contributed by atoms with Gasteiger partial charge in [-0.05, 0) is 31.5 Å². The van der Waals surface area contributed by atoms with Crippen LogP contribution in [0.1, 0.15) is 31.9 Å². The zero-order valence-electron chi connectivity index (χ0n) is 9.48. The average Bonchev–Trinajstić information content (AvgIpc) is 2.26.